The molecule has 0 bridgehead atoms. The molecule has 0 radical (unpaired) electrons. The molecule has 0 aliphatic rings. The molecule has 0 aliphatic heterocycles. The van der Waals surface area contributed by atoms with Gasteiger partial charge in [0.05, 0.1) is 7.11 Å². The van der Waals surface area contributed by atoms with Gasteiger partial charge in [-0.15, -0.1) is 0 Å². The van der Waals surface area contributed by atoms with Crippen LogP contribution in [0.4, 0.5) is 0 Å². The molecule has 18 heavy (non-hydrogen) atoms. The average Bonchev–Trinajstić information content (AvgIpc) is 2.41. The van der Waals surface area contributed by atoms with Gasteiger partial charge >= 0.3 is 0 Å². The minimum Gasteiger partial charge on any atom is -0.497 e. The zero-order valence-corrected chi connectivity index (χ0v) is 11.0. The van der Waals surface area contributed by atoms with E-state index < -0.39 is 0 Å². The molecule has 0 amide bonds. The largest absolute Gasteiger partial charge is 0.497 e. The predicted octanol–water partition coefficient (Wildman–Crippen LogP) is 3.59. The number of halogens is 1. The monoisotopic (exact) mass is 261 g/mol. The lowest BCUT2D eigenvalue weighted by atomic mass is 10.00. The molecule has 2 N–H and O–H groups in total. The van der Waals surface area contributed by atoms with Crippen molar-refractivity contribution >= 4 is 11.6 Å². The molecule has 1 unspecified atom stereocenters. The molecular weight excluding hydrogens is 246 g/mol. The van der Waals surface area contributed by atoms with Crippen LogP contribution in [0.15, 0.2) is 48.5 Å². The molecule has 94 valence electrons. The maximum Gasteiger partial charge on any atom is 0.118 e. The maximum atomic E-state index is 6.19. The van der Waals surface area contributed by atoms with Gasteiger partial charge in [0.1, 0.15) is 5.75 Å². The summed E-state index contributed by atoms with van der Waals surface area (Å²) in [6.07, 6.45) is 0.728. The molecule has 0 fully saturated rings. The number of methoxy groups -OCH3 is 1. The van der Waals surface area contributed by atoms with E-state index in [-0.39, 0.29) is 6.04 Å². The zero-order chi connectivity index (χ0) is 13.0. The quantitative estimate of drug-likeness (QED) is 0.913. The number of nitrogens with two attached hydrogens (primary N) is 1. The fraction of sp³-hybridized carbons (Fsp3) is 0.200. The Morgan fingerprint density at radius 3 is 2.39 bits per heavy atom. The van der Waals surface area contributed by atoms with Gasteiger partial charge in [0.25, 0.3) is 0 Å². The summed E-state index contributed by atoms with van der Waals surface area (Å²) >= 11 is 6.13. The Bertz CT molecular complexity index is 510. The van der Waals surface area contributed by atoms with E-state index in [1.54, 1.807) is 7.11 Å². The highest BCUT2D eigenvalue weighted by molar-refractivity contribution is 6.31. The minimum atomic E-state index is -0.0594. The smallest absolute Gasteiger partial charge is 0.118 e. The number of rotatable bonds is 4. The summed E-state index contributed by atoms with van der Waals surface area (Å²) in [6.45, 7) is 0. The fourth-order valence-corrected chi connectivity index (χ4v) is 2.08. The summed E-state index contributed by atoms with van der Waals surface area (Å²) in [4.78, 5) is 0. The van der Waals surface area contributed by atoms with Crippen molar-refractivity contribution in [2.45, 2.75) is 12.5 Å². The van der Waals surface area contributed by atoms with E-state index in [1.165, 1.54) is 0 Å². The first-order chi connectivity index (χ1) is 8.70. The van der Waals surface area contributed by atoms with Gasteiger partial charge in [0.2, 0.25) is 0 Å². The lowest BCUT2D eigenvalue weighted by Gasteiger charge is -2.13. The molecule has 2 rings (SSSR count). The Hall–Kier alpha value is -1.51. The Balaban J connectivity index is 2.11. The standard InChI is InChI=1S/C15H16ClNO/c1-18-13-8-6-11(7-9-13)15(17)10-12-4-2-3-5-14(12)16/h2-9,15H,10,17H2,1H3. The normalized spacial score (nSPS) is 12.2. The summed E-state index contributed by atoms with van der Waals surface area (Å²) in [6, 6.07) is 15.5. The van der Waals surface area contributed by atoms with Crippen molar-refractivity contribution in [3.63, 3.8) is 0 Å². The van der Waals surface area contributed by atoms with Gasteiger partial charge in [-0.3, -0.25) is 0 Å². The van der Waals surface area contributed by atoms with Crippen LogP contribution < -0.4 is 10.5 Å². The van der Waals surface area contributed by atoms with Crippen LogP contribution in [-0.2, 0) is 6.42 Å². The maximum absolute atomic E-state index is 6.19. The van der Waals surface area contributed by atoms with Crippen LogP contribution in [0.5, 0.6) is 5.75 Å². The third-order valence-corrected chi connectivity index (χ3v) is 3.31. The SMILES string of the molecule is COc1ccc(C(N)Cc2ccccc2Cl)cc1. The van der Waals surface area contributed by atoms with Gasteiger partial charge in [0, 0.05) is 11.1 Å². The number of hydrogen-bond donors (Lipinski definition) is 1. The highest BCUT2D eigenvalue weighted by Crippen LogP contribution is 2.23. The topological polar surface area (TPSA) is 35.2 Å². The Morgan fingerprint density at radius 1 is 1.11 bits per heavy atom. The van der Waals surface area contributed by atoms with Gasteiger partial charge in [-0.05, 0) is 35.7 Å². The second-order valence-electron chi connectivity index (χ2n) is 4.18. The third kappa shape index (κ3) is 3.03. The molecular formula is C15H16ClNO. The second kappa shape index (κ2) is 5.89. The minimum absolute atomic E-state index is 0.0594. The number of hydrogen-bond acceptors (Lipinski definition) is 2. The highest BCUT2D eigenvalue weighted by atomic mass is 35.5. The Labute approximate surface area is 112 Å². The predicted molar refractivity (Wildman–Crippen MR) is 75.1 cm³/mol. The molecule has 0 saturated carbocycles. The molecule has 2 nitrogen and oxygen atoms in total. The van der Waals surface area contributed by atoms with Crippen LogP contribution in [0.3, 0.4) is 0 Å². The van der Waals surface area contributed by atoms with Gasteiger partial charge in [-0.25, -0.2) is 0 Å². The van der Waals surface area contributed by atoms with Crippen LogP contribution >= 0.6 is 11.6 Å². The molecule has 0 heterocycles. The molecule has 3 heteroatoms. The molecule has 0 aliphatic carbocycles. The van der Waals surface area contributed by atoms with E-state index in [0.717, 1.165) is 28.3 Å². The van der Waals surface area contributed by atoms with Crippen LogP contribution in [0.2, 0.25) is 5.02 Å². The van der Waals surface area contributed by atoms with Crippen LogP contribution in [0.1, 0.15) is 17.2 Å². The second-order valence-corrected chi connectivity index (χ2v) is 4.58. The van der Waals surface area contributed by atoms with Crippen molar-refractivity contribution < 1.29 is 4.74 Å². The first-order valence-corrected chi connectivity index (χ1v) is 6.21. The Morgan fingerprint density at radius 2 is 1.78 bits per heavy atom. The van der Waals surface area contributed by atoms with Crippen molar-refractivity contribution in [1.82, 2.24) is 0 Å². The molecule has 0 aromatic heterocycles. The number of benzene rings is 2. The molecule has 1 atom stereocenters. The van der Waals surface area contributed by atoms with Crippen LogP contribution in [0, 0.1) is 0 Å². The van der Waals surface area contributed by atoms with Crippen LogP contribution in [0.25, 0.3) is 0 Å². The van der Waals surface area contributed by atoms with E-state index in [1.807, 2.05) is 48.5 Å². The van der Waals surface area contributed by atoms with Crippen molar-refractivity contribution in [3.05, 3.63) is 64.7 Å². The summed E-state index contributed by atoms with van der Waals surface area (Å²) in [5.74, 6) is 0.837. The fourth-order valence-electron chi connectivity index (χ4n) is 1.87. The van der Waals surface area contributed by atoms with Crippen molar-refractivity contribution in [3.8, 4) is 5.75 Å². The van der Waals surface area contributed by atoms with E-state index >= 15 is 0 Å². The lowest BCUT2D eigenvalue weighted by Crippen LogP contribution is -2.13. The van der Waals surface area contributed by atoms with Gasteiger partial charge in [0.15, 0.2) is 0 Å². The van der Waals surface area contributed by atoms with E-state index in [9.17, 15) is 0 Å². The van der Waals surface area contributed by atoms with Crippen molar-refractivity contribution in [1.29, 1.82) is 0 Å². The average molecular weight is 262 g/mol. The van der Waals surface area contributed by atoms with Gasteiger partial charge in [-0.1, -0.05) is 41.9 Å². The molecule has 0 spiro atoms. The highest BCUT2D eigenvalue weighted by Gasteiger charge is 2.09. The molecule has 2 aromatic carbocycles. The first-order valence-electron chi connectivity index (χ1n) is 5.83. The number of ether oxygens (including phenoxy) is 1. The van der Waals surface area contributed by atoms with Crippen LogP contribution in [-0.4, -0.2) is 7.11 Å². The molecule has 2 aromatic rings. The summed E-state index contributed by atoms with van der Waals surface area (Å²) < 4.78 is 5.12. The van der Waals surface area contributed by atoms with Gasteiger partial charge in [-0.2, -0.15) is 0 Å². The Kier molecular flexibility index (Phi) is 4.24. The van der Waals surface area contributed by atoms with Gasteiger partial charge < -0.3 is 10.5 Å². The third-order valence-electron chi connectivity index (χ3n) is 2.94. The first kappa shape index (κ1) is 12.9. The van der Waals surface area contributed by atoms with Crippen molar-refractivity contribution in [2.24, 2.45) is 5.73 Å². The summed E-state index contributed by atoms with van der Waals surface area (Å²) in [5.41, 5.74) is 8.34. The van der Waals surface area contributed by atoms with E-state index in [4.69, 9.17) is 22.1 Å². The van der Waals surface area contributed by atoms with E-state index in [2.05, 4.69) is 0 Å². The zero-order valence-electron chi connectivity index (χ0n) is 10.3. The summed E-state index contributed by atoms with van der Waals surface area (Å²) in [7, 11) is 1.65. The van der Waals surface area contributed by atoms with E-state index in [0.29, 0.717) is 0 Å². The summed E-state index contributed by atoms with van der Waals surface area (Å²) in [5, 5.41) is 0.765. The molecule has 0 saturated heterocycles. The van der Waals surface area contributed by atoms with Crippen molar-refractivity contribution in [2.75, 3.05) is 7.11 Å². The lowest BCUT2D eigenvalue weighted by molar-refractivity contribution is 0.414.